The molecule has 1 aliphatic rings. The monoisotopic (exact) mass is 232 g/mol. The van der Waals surface area contributed by atoms with E-state index in [-0.39, 0.29) is 6.10 Å². The van der Waals surface area contributed by atoms with E-state index in [0.717, 1.165) is 26.3 Å². The van der Waals surface area contributed by atoms with Crippen LogP contribution >= 0.6 is 0 Å². The second-order valence-corrected chi connectivity index (χ2v) is 4.16. The highest BCUT2D eigenvalue weighted by molar-refractivity contribution is 4.81. The molecule has 0 spiro atoms. The second kappa shape index (κ2) is 7.97. The fourth-order valence-corrected chi connectivity index (χ4v) is 1.94. The van der Waals surface area contributed by atoms with E-state index in [9.17, 15) is 0 Å². The Morgan fingerprint density at radius 1 is 1.38 bits per heavy atom. The van der Waals surface area contributed by atoms with Crippen LogP contribution < -0.4 is 10.6 Å². The quantitative estimate of drug-likeness (QED) is 0.589. The van der Waals surface area contributed by atoms with Crippen molar-refractivity contribution in [3.05, 3.63) is 0 Å². The van der Waals surface area contributed by atoms with Crippen LogP contribution in [0.3, 0.4) is 0 Å². The third-order valence-electron chi connectivity index (χ3n) is 3.03. The first-order valence-corrected chi connectivity index (χ1v) is 5.79. The molecule has 5 heteroatoms. The van der Waals surface area contributed by atoms with Crippen molar-refractivity contribution in [3.8, 4) is 0 Å². The molecule has 1 saturated heterocycles. The van der Waals surface area contributed by atoms with E-state index in [4.69, 9.17) is 14.2 Å². The largest absolute Gasteiger partial charge is 0.382 e. The predicted molar refractivity (Wildman–Crippen MR) is 62.7 cm³/mol. The summed E-state index contributed by atoms with van der Waals surface area (Å²) in [6.45, 7) is 4.04. The number of rotatable bonds is 8. The van der Waals surface area contributed by atoms with E-state index in [0.29, 0.717) is 18.6 Å². The molecule has 0 bridgehead atoms. The highest BCUT2D eigenvalue weighted by Crippen LogP contribution is 2.11. The summed E-state index contributed by atoms with van der Waals surface area (Å²) in [5, 5.41) is 6.67. The van der Waals surface area contributed by atoms with Crippen LogP contribution in [0.4, 0.5) is 0 Å². The van der Waals surface area contributed by atoms with Crippen LogP contribution in [0.5, 0.6) is 0 Å². The number of methoxy groups -OCH3 is 2. The third-order valence-corrected chi connectivity index (χ3v) is 3.03. The summed E-state index contributed by atoms with van der Waals surface area (Å²) in [7, 11) is 5.38. The lowest BCUT2D eigenvalue weighted by molar-refractivity contribution is 0.0283. The maximum absolute atomic E-state index is 5.43. The van der Waals surface area contributed by atoms with Gasteiger partial charge in [0.05, 0.1) is 25.9 Å². The van der Waals surface area contributed by atoms with Gasteiger partial charge >= 0.3 is 0 Å². The first kappa shape index (κ1) is 13.9. The van der Waals surface area contributed by atoms with Crippen molar-refractivity contribution < 1.29 is 14.2 Å². The minimum Gasteiger partial charge on any atom is -0.382 e. The molecule has 96 valence electrons. The fourth-order valence-electron chi connectivity index (χ4n) is 1.94. The van der Waals surface area contributed by atoms with Crippen LogP contribution in [-0.4, -0.2) is 66.3 Å². The number of hydrogen-bond acceptors (Lipinski definition) is 5. The van der Waals surface area contributed by atoms with Gasteiger partial charge in [-0.2, -0.15) is 0 Å². The van der Waals surface area contributed by atoms with E-state index in [1.165, 1.54) is 0 Å². The van der Waals surface area contributed by atoms with Gasteiger partial charge in [0.25, 0.3) is 0 Å². The molecular weight excluding hydrogens is 208 g/mol. The molecule has 1 aliphatic heterocycles. The van der Waals surface area contributed by atoms with E-state index < -0.39 is 0 Å². The van der Waals surface area contributed by atoms with Gasteiger partial charge in [0.1, 0.15) is 0 Å². The number of hydrogen-bond donors (Lipinski definition) is 2. The molecule has 5 nitrogen and oxygen atoms in total. The van der Waals surface area contributed by atoms with Crippen LogP contribution in [0, 0.1) is 5.92 Å². The Morgan fingerprint density at radius 3 is 2.81 bits per heavy atom. The van der Waals surface area contributed by atoms with Crippen molar-refractivity contribution in [1.82, 2.24) is 10.6 Å². The second-order valence-electron chi connectivity index (χ2n) is 4.16. The summed E-state index contributed by atoms with van der Waals surface area (Å²) >= 11 is 0. The smallest absolute Gasteiger partial charge is 0.0928 e. The van der Waals surface area contributed by atoms with E-state index in [2.05, 4.69) is 10.6 Å². The first-order valence-electron chi connectivity index (χ1n) is 5.79. The molecule has 0 aromatic heterocycles. The van der Waals surface area contributed by atoms with Gasteiger partial charge in [-0.1, -0.05) is 0 Å². The van der Waals surface area contributed by atoms with Crippen molar-refractivity contribution in [2.45, 2.75) is 12.1 Å². The molecule has 3 atom stereocenters. The summed E-state index contributed by atoms with van der Waals surface area (Å²) in [6, 6.07) is 0.468. The Labute approximate surface area is 97.8 Å². The van der Waals surface area contributed by atoms with E-state index in [1.807, 2.05) is 7.05 Å². The van der Waals surface area contributed by atoms with Crippen molar-refractivity contribution in [1.29, 1.82) is 0 Å². The summed E-state index contributed by atoms with van der Waals surface area (Å²) < 4.78 is 15.8. The lowest BCUT2D eigenvalue weighted by atomic mass is 10.0. The zero-order valence-corrected chi connectivity index (χ0v) is 10.5. The highest BCUT2D eigenvalue weighted by Gasteiger charge is 2.26. The van der Waals surface area contributed by atoms with Crippen LogP contribution in [0.15, 0.2) is 0 Å². The van der Waals surface area contributed by atoms with E-state index >= 15 is 0 Å². The van der Waals surface area contributed by atoms with Gasteiger partial charge in [-0.05, 0) is 7.05 Å². The van der Waals surface area contributed by atoms with Gasteiger partial charge in [0.15, 0.2) is 0 Å². The molecule has 1 rings (SSSR count). The summed E-state index contributed by atoms with van der Waals surface area (Å²) in [4.78, 5) is 0. The lowest BCUT2D eigenvalue weighted by Crippen LogP contribution is -2.41. The molecule has 3 unspecified atom stereocenters. The van der Waals surface area contributed by atoms with Crippen LogP contribution in [-0.2, 0) is 14.2 Å². The van der Waals surface area contributed by atoms with Crippen molar-refractivity contribution in [2.24, 2.45) is 5.92 Å². The number of likely N-dealkylation sites (N-methyl/N-ethyl adjacent to an activating group) is 1. The van der Waals surface area contributed by atoms with Gasteiger partial charge in [-0.15, -0.1) is 0 Å². The zero-order chi connectivity index (χ0) is 11.8. The van der Waals surface area contributed by atoms with Crippen LogP contribution in [0.25, 0.3) is 0 Å². The Kier molecular flexibility index (Phi) is 6.91. The summed E-state index contributed by atoms with van der Waals surface area (Å²) in [5.41, 5.74) is 0. The van der Waals surface area contributed by atoms with Gasteiger partial charge < -0.3 is 24.8 Å². The standard InChI is InChI=1S/C11H24N2O3/c1-12-11-8-16-6-9(11)4-13-5-10(15-3)7-14-2/h9-13H,4-8H2,1-3H3. The molecule has 0 radical (unpaired) electrons. The lowest BCUT2D eigenvalue weighted by Gasteiger charge is -2.20. The minimum absolute atomic E-state index is 0.125. The molecule has 1 fully saturated rings. The fraction of sp³-hybridized carbons (Fsp3) is 1.00. The maximum Gasteiger partial charge on any atom is 0.0928 e. The Hall–Kier alpha value is -0.200. The molecule has 0 aliphatic carbocycles. The summed E-state index contributed by atoms with van der Waals surface area (Å²) in [6.07, 6.45) is 0.125. The molecule has 0 saturated carbocycles. The Morgan fingerprint density at radius 2 is 2.19 bits per heavy atom. The molecule has 0 aromatic carbocycles. The SMILES string of the molecule is CNC1COCC1CNCC(COC)OC. The van der Waals surface area contributed by atoms with E-state index in [1.54, 1.807) is 14.2 Å². The maximum atomic E-state index is 5.43. The molecule has 0 amide bonds. The third kappa shape index (κ3) is 4.35. The number of nitrogens with one attached hydrogen (secondary N) is 2. The van der Waals surface area contributed by atoms with Crippen molar-refractivity contribution in [2.75, 3.05) is 54.2 Å². The topological polar surface area (TPSA) is 51.8 Å². The molecule has 0 aromatic rings. The molecule has 1 heterocycles. The van der Waals surface area contributed by atoms with Gasteiger partial charge in [0.2, 0.25) is 0 Å². The average Bonchev–Trinajstić information content (AvgIpc) is 2.75. The molecule has 2 N–H and O–H groups in total. The van der Waals surface area contributed by atoms with Gasteiger partial charge in [0, 0.05) is 39.3 Å². The highest BCUT2D eigenvalue weighted by atomic mass is 16.5. The minimum atomic E-state index is 0.125. The molecule has 16 heavy (non-hydrogen) atoms. The van der Waals surface area contributed by atoms with Crippen LogP contribution in [0.2, 0.25) is 0 Å². The average molecular weight is 232 g/mol. The normalized spacial score (nSPS) is 27.2. The van der Waals surface area contributed by atoms with Gasteiger partial charge in [-0.3, -0.25) is 0 Å². The van der Waals surface area contributed by atoms with Crippen LogP contribution in [0.1, 0.15) is 0 Å². The predicted octanol–water partition coefficient (Wildman–Crippen LogP) is -0.528. The molecular formula is C11H24N2O3. The van der Waals surface area contributed by atoms with Crippen molar-refractivity contribution in [3.63, 3.8) is 0 Å². The zero-order valence-electron chi connectivity index (χ0n) is 10.5. The first-order chi connectivity index (χ1) is 7.81. The Bertz CT molecular complexity index is 181. The van der Waals surface area contributed by atoms with Gasteiger partial charge in [-0.25, -0.2) is 0 Å². The number of ether oxygens (including phenoxy) is 3. The van der Waals surface area contributed by atoms with Crippen molar-refractivity contribution >= 4 is 0 Å². The Balaban J connectivity index is 2.13. The summed E-state index contributed by atoms with van der Waals surface area (Å²) in [5.74, 6) is 0.546.